The predicted molar refractivity (Wildman–Crippen MR) is 69.7 cm³/mol. The number of aldehydes is 1. The topological polar surface area (TPSA) is 17.1 Å². The average molecular weight is 293 g/mol. The molecule has 0 amide bonds. The molecule has 1 nitrogen and oxygen atoms in total. The number of carbonyl (C=O) groups is 1. The first-order valence-corrected chi connectivity index (χ1v) is 5.92. The van der Waals surface area contributed by atoms with Gasteiger partial charge in [-0.15, -0.1) is 0 Å². The second-order valence-corrected chi connectivity index (χ2v) is 4.68. The summed E-state index contributed by atoms with van der Waals surface area (Å²) in [6, 6.07) is 10.7. The van der Waals surface area contributed by atoms with Crippen molar-refractivity contribution in [2.45, 2.75) is 6.92 Å². The molecule has 0 aliphatic rings. The third-order valence-electron chi connectivity index (χ3n) is 2.59. The van der Waals surface area contributed by atoms with Crippen molar-refractivity contribution >= 4 is 22.2 Å². The first-order chi connectivity index (χ1) is 8.11. The first kappa shape index (κ1) is 12.0. The Morgan fingerprint density at radius 1 is 1.12 bits per heavy atom. The van der Waals surface area contributed by atoms with Crippen molar-refractivity contribution in [3.8, 4) is 11.1 Å². The van der Waals surface area contributed by atoms with E-state index >= 15 is 0 Å². The molecule has 2 aromatic carbocycles. The zero-order chi connectivity index (χ0) is 12.4. The van der Waals surface area contributed by atoms with Gasteiger partial charge in [-0.3, -0.25) is 4.79 Å². The lowest BCUT2D eigenvalue weighted by molar-refractivity contribution is 0.112. The van der Waals surface area contributed by atoms with Gasteiger partial charge in [-0.2, -0.15) is 0 Å². The molecule has 0 spiro atoms. The van der Waals surface area contributed by atoms with E-state index in [1.54, 1.807) is 31.2 Å². The fourth-order valence-electron chi connectivity index (χ4n) is 1.65. The molecule has 0 bridgehead atoms. The van der Waals surface area contributed by atoms with Crippen LogP contribution in [0.5, 0.6) is 0 Å². The molecule has 0 aliphatic heterocycles. The molecule has 0 fully saturated rings. The largest absolute Gasteiger partial charge is 0.298 e. The summed E-state index contributed by atoms with van der Waals surface area (Å²) in [5.74, 6) is -0.238. The molecule has 0 aromatic heterocycles. The summed E-state index contributed by atoms with van der Waals surface area (Å²) >= 11 is 3.19. The summed E-state index contributed by atoms with van der Waals surface area (Å²) in [4.78, 5) is 10.6. The van der Waals surface area contributed by atoms with Crippen LogP contribution in [0.3, 0.4) is 0 Å². The van der Waals surface area contributed by atoms with Crippen LogP contribution in [0.15, 0.2) is 40.9 Å². The van der Waals surface area contributed by atoms with Crippen LogP contribution in [0, 0.1) is 12.7 Å². The van der Waals surface area contributed by atoms with Crippen LogP contribution in [-0.2, 0) is 0 Å². The lowest BCUT2D eigenvalue weighted by Crippen LogP contribution is -1.87. The minimum absolute atomic E-state index is 0.238. The number of carbonyl (C=O) groups excluding carboxylic acids is 1. The van der Waals surface area contributed by atoms with Gasteiger partial charge in [-0.25, -0.2) is 4.39 Å². The molecule has 0 saturated heterocycles. The van der Waals surface area contributed by atoms with Gasteiger partial charge in [-0.1, -0.05) is 24.3 Å². The van der Waals surface area contributed by atoms with E-state index in [4.69, 9.17) is 0 Å². The summed E-state index contributed by atoms with van der Waals surface area (Å²) in [5, 5.41) is 0. The van der Waals surface area contributed by atoms with E-state index in [-0.39, 0.29) is 5.82 Å². The van der Waals surface area contributed by atoms with Crippen LogP contribution in [0.2, 0.25) is 0 Å². The van der Waals surface area contributed by atoms with Gasteiger partial charge in [-0.05, 0) is 51.7 Å². The van der Waals surface area contributed by atoms with Crippen LogP contribution in [0.4, 0.5) is 4.39 Å². The maximum Gasteiger partial charge on any atom is 0.150 e. The maximum atomic E-state index is 13.5. The highest BCUT2D eigenvalue weighted by Crippen LogP contribution is 2.27. The zero-order valence-corrected chi connectivity index (χ0v) is 10.8. The molecule has 0 N–H and O–H groups in total. The highest BCUT2D eigenvalue weighted by molar-refractivity contribution is 9.10. The van der Waals surface area contributed by atoms with Crippen LogP contribution < -0.4 is 0 Å². The van der Waals surface area contributed by atoms with Crippen LogP contribution in [0.25, 0.3) is 11.1 Å². The Bertz CT molecular complexity index is 538. The molecule has 3 heteroatoms. The predicted octanol–water partition coefficient (Wildman–Crippen LogP) is 4.38. The molecule has 0 aliphatic carbocycles. The van der Waals surface area contributed by atoms with Gasteiger partial charge in [0.15, 0.2) is 0 Å². The summed E-state index contributed by atoms with van der Waals surface area (Å²) in [5.41, 5.74) is 3.10. The lowest BCUT2D eigenvalue weighted by Gasteiger charge is -2.06. The van der Waals surface area contributed by atoms with Crippen molar-refractivity contribution in [2.75, 3.05) is 0 Å². The Morgan fingerprint density at radius 2 is 1.76 bits per heavy atom. The highest BCUT2D eigenvalue weighted by Gasteiger charge is 2.06. The number of hydrogen-bond donors (Lipinski definition) is 0. The van der Waals surface area contributed by atoms with Crippen LogP contribution >= 0.6 is 15.9 Å². The summed E-state index contributed by atoms with van der Waals surface area (Å²) in [6.45, 7) is 1.73. The summed E-state index contributed by atoms with van der Waals surface area (Å²) in [7, 11) is 0. The Morgan fingerprint density at radius 3 is 2.29 bits per heavy atom. The van der Waals surface area contributed by atoms with Crippen molar-refractivity contribution in [1.82, 2.24) is 0 Å². The molecule has 0 radical (unpaired) electrons. The number of aryl methyl sites for hydroxylation is 1. The van der Waals surface area contributed by atoms with Crippen molar-refractivity contribution in [3.05, 3.63) is 57.8 Å². The molecular formula is C14H10BrFO. The van der Waals surface area contributed by atoms with Gasteiger partial charge >= 0.3 is 0 Å². The van der Waals surface area contributed by atoms with Gasteiger partial charge in [0, 0.05) is 5.56 Å². The van der Waals surface area contributed by atoms with Crippen molar-refractivity contribution < 1.29 is 9.18 Å². The van der Waals surface area contributed by atoms with E-state index in [2.05, 4.69) is 15.9 Å². The molecule has 0 atom stereocenters. The molecule has 2 rings (SSSR count). The second kappa shape index (κ2) is 4.80. The SMILES string of the molecule is Cc1cc(-c2ccc(C=O)cc2)cc(Br)c1F. The van der Waals surface area contributed by atoms with E-state index in [0.29, 0.717) is 15.6 Å². The average Bonchev–Trinajstić information content (AvgIpc) is 2.35. The molecule has 86 valence electrons. The minimum Gasteiger partial charge on any atom is -0.298 e. The monoisotopic (exact) mass is 292 g/mol. The van der Waals surface area contributed by atoms with Gasteiger partial charge in [0.2, 0.25) is 0 Å². The van der Waals surface area contributed by atoms with Gasteiger partial charge < -0.3 is 0 Å². The van der Waals surface area contributed by atoms with Gasteiger partial charge in [0.1, 0.15) is 12.1 Å². The number of rotatable bonds is 2. The Balaban J connectivity index is 2.49. The highest BCUT2D eigenvalue weighted by atomic mass is 79.9. The molecule has 0 heterocycles. The normalized spacial score (nSPS) is 10.3. The summed E-state index contributed by atoms with van der Waals surface area (Å²) < 4.78 is 13.9. The minimum atomic E-state index is -0.238. The molecule has 2 aromatic rings. The second-order valence-electron chi connectivity index (χ2n) is 3.83. The van der Waals surface area contributed by atoms with E-state index in [9.17, 15) is 9.18 Å². The van der Waals surface area contributed by atoms with Crippen LogP contribution in [-0.4, -0.2) is 6.29 Å². The Hall–Kier alpha value is -1.48. The zero-order valence-electron chi connectivity index (χ0n) is 9.21. The summed E-state index contributed by atoms with van der Waals surface area (Å²) in [6.07, 6.45) is 0.801. The quantitative estimate of drug-likeness (QED) is 0.751. The maximum absolute atomic E-state index is 13.5. The van der Waals surface area contributed by atoms with Crippen molar-refractivity contribution in [2.24, 2.45) is 0 Å². The lowest BCUT2D eigenvalue weighted by atomic mass is 10.0. The Kier molecular flexibility index (Phi) is 3.38. The van der Waals surface area contributed by atoms with E-state index in [1.165, 1.54) is 0 Å². The van der Waals surface area contributed by atoms with Gasteiger partial charge in [0.25, 0.3) is 0 Å². The standard InChI is InChI=1S/C14H10BrFO/c1-9-6-12(7-13(15)14(9)16)11-4-2-10(8-17)3-5-11/h2-8H,1H3. The third kappa shape index (κ3) is 2.44. The van der Waals surface area contributed by atoms with E-state index in [0.717, 1.165) is 17.4 Å². The number of benzene rings is 2. The van der Waals surface area contributed by atoms with Crippen LogP contribution in [0.1, 0.15) is 15.9 Å². The number of halogens is 2. The fraction of sp³-hybridized carbons (Fsp3) is 0.0714. The molecule has 17 heavy (non-hydrogen) atoms. The first-order valence-electron chi connectivity index (χ1n) is 5.13. The van der Waals surface area contributed by atoms with Crippen molar-refractivity contribution in [1.29, 1.82) is 0 Å². The molecule has 0 saturated carbocycles. The van der Waals surface area contributed by atoms with Gasteiger partial charge in [0.05, 0.1) is 4.47 Å². The molecule has 0 unspecified atom stereocenters. The fourth-order valence-corrected chi connectivity index (χ4v) is 2.21. The smallest absolute Gasteiger partial charge is 0.150 e. The Labute approximate surface area is 107 Å². The number of hydrogen-bond acceptors (Lipinski definition) is 1. The van der Waals surface area contributed by atoms with E-state index < -0.39 is 0 Å². The molecular weight excluding hydrogens is 283 g/mol. The van der Waals surface area contributed by atoms with Crippen molar-refractivity contribution in [3.63, 3.8) is 0 Å². The third-order valence-corrected chi connectivity index (χ3v) is 3.17. The van der Waals surface area contributed by atoms with E-state index in [1.807, 2.05) is 12.1 Å².